The average Bonchev–Trinajstić information content (AvgIpc) is 2.49. The SMILES string of the molecule is CCNCC(c1ccccc1)N1CCCC(OC)C1. The summed E-state index contributed by atoms with van der Waals surface area (Å²) in [6, 6.07) is 11.3. The smallest absolute Gasteiger partial charge is 0.0698 e. The molecule has 0 bridgehead atoms. The average molecular weight is 262 g/mol. The van der Waals surface area contributed by atoms with Crippen LogP contribution in [-0.2, 0) is 4.74 Å². The van der Waals surface area contributed by atoms with Crippen LogP contribution in [-0.4, -0.2) is 44.3 Å². The van der Waals surface area contributed by atoms with Crippen molar-refractivity contribution in [3.05, 3.63) is 35.9 Å². The van der Waals surface area contributed by atoms with Crippen LogP contribution >= 0.6 is 0 Å². The van der Waals surface area contributed by atoms with Crippen LogP contribution in [0.2, 0.25) is 0 Å². The molecule has 1 aromatic carbocycles. The van der Waals surface area contributed by atoms with Crippen molar-refractivity contribution in [2.75, 3.05) is 33.3 Å². The summed E-state index contributed by atoms with van der Waals surface area (Å²) in [6.45, 7) is 6.41. The number of benzene rings is 1. The molecule has 1 aromatic rings. The standard InChI is InChI=1S/C16H26N2O/c1-3-17-12-16(14-8-5-4-6-9-14)18-11-7-10-15(13-18)19-2/h4-6,8-9,15-17H,3,7,10-13H2,1-2H3. The lowest BCUT2D eigenvalue weighted by Gasteiger charge is -2.38. The lowest BCUT2D eigenvalue weighted by atomic mass is 10.0. The maximum atomic E-state index is 5.55. The first-order valence-electron chi connectivity index (χ1n) is 7.37. The Balaban J connectivity index is 2.08. The van der Waals surface area contributed by atoms with Gasteiger partial charge in [0.2, 0.25) is 0 Å². The van der Waals surface area contributed by atoms with Gasteiger partial charge in [0.25, 0.3) is 0 Å². The van der Waals surface area contributed by atoms with E-state index in [1.165, 1.54) is 24.9 Å². The van der Waals surface area contributed by atoms with Crippen molar-refractivity contribution in [3.8, 4) is 0 Å². The second kappa shape index (κ2) is 7.63. The van der Waals surface area contributed by atoms with E-state index in [0.29, 0.717) is 12.1 Å². The lowest BCUT2D eigenvalue weighted by molar-refractivity contribution is 0.0142. The summed E-state index contributed by atoms with van der Waals surface area (Å²) < 4.78 is 5.55. The Kier molecular flexibility index (Phi) is 5.83. The quantitative estimate of drug-likeness (QED) is 0.852. The van der Waals surface area contributed by atoms with Gasteiger partial charge in [-0.25, -0.2) is 0 Å². The highest BCUT2D eigenvalue weighted by atomic mass is 16.5. The Hall–Kier alpha value is -0.900. The van der Waals surface area contributed by atoms with Gasteiger partial charge in [-0.15, -0.1) is 0 Å². The van der Waals surface area contributed by atoms with Crippen molar-refractivity contribution in [1.82, 2.24) is 10.2 Å². The molecule has 2 atom stereocenters. The minimum Gasteiger partial charge on any atom is -0.380 e. The van der Waals surface area contributed by atoms with Crippen molar-refractivity contribution in [1.29, 1.82) is 0 Å². The van der Waals surface area contributed by atoms with Gasteiger partial charge in [0.05, 0.1) is 6.10 Å². The molecule has 1 aliphatic rings. The molecule has 3 heteroatoms. The van der Waals surface area contributed by atoms with Crippen molar-refractivity contribution in [2.24, 2.45) is 0 Å². The van der Waals surface area contributed by atoms with Gasteiger partial charge in [-0.1, -0.05) is 37.3 Å². The van der Waals surface area contributed by atoms with Crippen molar-refractivity contribution in [3.63, 3.8) is 0 Å². The zero-order valence-corrected chi connectivity index (χ0v) is 12.1. The maximum Gasteiger partial charge on any atom is 0.0698 e. The number of hydrogen-bond acceptors (Lipinski definition) is 3. The number of likely N-dealkylation sites (N-methyl/N-ethyl adjacent to an activating group) is 1. The Morgan fingerprint density at radius 2 is 2.16 bits per heavy atom. The molecular weight excluding hydrogens is 236 g/mol. The number of rotatable bonds is 6. The third kappa shape index (κ3) is 4.03. The van der Waals surface area contributed by atoms with Crippen molar-refractivity contribution in [2.45, 2.75) is 31.9 Å². The van der Waals surface area contributed by atoms with Gasteiger partial charge in [-0.3, -0.25) is 4.90 Å². The van der Waals surface area contributed by atoms with E-state index in [1.54, 1.807) is 0 Å². The number of methoxy groups -OCH3 is 1. The molecule has 0 aliphatic carbocycles. The largest absolute Gasteiger partial charge is 0.380 e. The molecule has 0 saturated carbocycles. The minimum atomic E-state index is 0.390. The van der Waals surface area contributed by atoms with E-state index in [0.717, 1.165) is 19.6 Å². The molecule has 0 amide bonds. The Morgan fingerprint density at radius 3 is 2.84 bits per heavy atom. The molecule has 3 nitrogen and oxygen atoms in total. The highest BCUT2D eigenvalue weighted by molar-refractivity contribution is 5.19. The van der Waals surface area contributed by atoms with Crippen LogP contribution in [0, 0.1) is 0 Å². The lowest BCUT2D eigenvalue weighted by Crippen LogP contribution is -2.44. The van der Waals surface area contributed by atoms with E-state index in [-0.39, 0.29) is 0 Å². The predicted octanol–water partition coefficient (Wildman–Crippen LogP) is 2.45. The molecular formula is C16H26N2O. The summed E-state index contributed by atoms with van der Waals surface area (Å²) in [4.78, 5) is 2.57. The Morgan fingerprint density at radius 1 is 1.37 bits per heavy atom. The van der Waals surface area contributed by atoms with E-state index in [2.05, 4.69) is 47.5 Å². The zero-order chi connectivity index (χ0) is 13.5. The van der Waals surface area contributed by atoms with Crippen LogP contribution in [0.3, 0.4) is 0 Å². The highest BCUT2D eigenvalue weighted by Crippen LogP contribution is 2.25. The first kappa shape index (κ1) is 14.5. The maximum absolute atomic E-state index is 5.55. The number of hydrogen-bond donors (Lipinski definition) is 1. The first-order valence-corrected chi connectivity index (χ1v) is 7.37. The molecule has 1 fully saturated rings. The zero-order valence-electron chi connectivity index (χ0n) is 12.1. The molecule has 0 aromatic heterocycles. The second-order valence-corrected chi connectivity index (χ2v) is 5.23. The third-order valence-electron chi connectivity index (χ3n) is 3.96. The van der Waals surface area contributed by atoms with Gasteiger partial charge in [0.15, 0.2) is 0 Å². The van der Waals surface area contributed by atoms with Gasteiger partial charge >= 0.3 is 0 Å². The third-order valence-corrected chi connectivity index (χ3v) is 3.96. The second-order valence-electron chi connectivity index (χ2n) is 5.23. The molecule has 1 saturated heterocycles. The number of nitrogens with zero attached hydrogens (tertiary/aromatic N) is 1. The van der Waals surface area contributed by atoms with Crippen molar-refractivity contribution >= 4 is 0 Å². The summed E-state index contributed by atoms with van der Waals surface area (Å²) in [7, 11) is 1.83. The highest BCUT2D eigenvalue weighted by Gasteiger charge is 2.26. The number of likely N-dealkylation sites (tertiary alicyclic amines) is 1. The van der Waals surface area contributed by atoms with Gasteiger partial charge in [-0.05, 0) is 31.5 Å². The Bertz CT molecular complexity index is 355. The van der Waals surface area contributed by atoms with Crippen LogP contribution in [0.5, 0.6) is 0 Å². The van der Waals surface area contributed by atoms with E-state index >= 15 is 0 Å². The molecule has 1 aliphatic heterocycles. The van der Waals surface area contributed by atoms with Crippen LogP contribution in [0.1, 0.15) is 31.4 Å². The number of ether oxygens (including phenoxy) is 1. The van der Waals surface area contributed by atoms with Gasteiger partial charge in [-0.2, -0.15) is 0 Å². The fraction of sp³-hybridized carbons (Fsp3) is 0.625. The molecule has 2 rings (SSSR count). The van der Waals surface area contributed by atoms with Crippen LogP contribution in [0.15, 0.2) is 30.3 Å². The molecule has 0 spiro atoms. The van der Waals surface area contributed by atoms with Gasteiger partial charge in [0.1, 0.15) is 0 Å². The van der Waals surface area contributed by atoms with E-state index in [1.807, 2.05) is 7.11 Å². The summed E-state index contributed by atoms with van der Waals surface area (Å²) in [5, 5.41) is 3.49. The summed E-state index contributed by atoms with van der Waals surface area (Å²) in [6.07, 6.45) is 2.81. The number of piperidine rings is 1. The normalized spacial score (nSPS) is 22.3. The topological polar surface area (TPSA) is 24.5 Å². The van der Waals surface area contributed by atoms with E-state index in [9.17, 15) is 0 Å². The van der Waals surface area contributed by atoms with Crippen LogP contribution in [0.25, 0.3) is 0 Å². The molecule has 1 heterocycles. The fourth-order valence-corrected chi connectivity index (χ4v) is 2.86. The predicted molar refractivity (Wildman–Crippen MR) is 79.3 cm³/mol. The van der Waals surface area contributed by atoms with Crippen LogP contribution < -0.4 is 5.32 Å². The Labute approximate surface area is 116 Å². The van der Waals surface area contributed by atoms with Gasteiger partial charge < -0.3 is 10.1 Å². The molecule has 1 N–H and O–H groups in total. The molecule has 2 unspecified atom stereocenters. The first-order chi connectivity index (χ1) is 9.35. The monoisotopic (exact) mass is 262 g/mol. The van der Waals surface area contributed by atoms with Crippen LogP contribution in [0.4, 0.5) is 0 Å². The van der Waals surface area contributed by atoms with E-state index in [4.69, 9.17) is 4.74 Å². The summed E-state index contributed by atoms with van der Waals surface area (Å²) >= 11 is 0. The van der Waals surface area contributed by atoms with Crippen molar-refractivity contribution < 1.29 is 4.74 Å². The van der Waals surface area contributed by atoms with Gasteiger partial charge in [0, 0.05) is 26.2 Å². The number of nitrogens with one attached hydrogen (secondary N) is 1. The minimum absolute atomic E-state index is 0.390. The molecule has 19 heavy (non-hydrogen) atoms. The summed E-state index contributed by atoms with van der Waals surface area (Å²) in [5.74, 6) is 0. The van der Waals surface area contributed by atoms with E-state index < -0.39 is 0 Å². The fourth-order valence-electron chi connectivity index (χ4n) is 2.86. The summed E-state index contributed by atoms with van der Waals surface area (Å²) in [5.41, 5.74) is 1.40. The molecule has 0 radical (unpaired) electrons. The molecule has 106 valence electrons.